The first-order valence-corrected chi connectivity index (χ1v) is 8.30. The van der Waals surface area contributed by atoms with Crippen LogP contribution >= 0.6 is 0 Å². The fourth-order valence-corrected chi connectivity index (χ4v) is 2.96. The standard InChI is InChI=1S/C20H19FN2O4/c1-23-17-8-7-15(27-2)10-13(17)11-18(23)19(24)22-16(20(25)26)9-12-3-5-14(21)6-4-12/h3-8,10-11,16H,9H2,1-2H3,(H,22,24)(H,25,26)/t16-/m1/s1. The van der Waals surface area contributed by atoms with E-state index in [-0.39, 0.29) is 6.42 Å². The molecule has 1 atom stereocenters. The third kappa shape index (κ3) is 3.92. The highest BCUT2D eigenvalue weighted by Gasteiger charge is 2.23. The maximum Gasteiger partial charge on any atom is 0.326 e. The zero-order chi connectivity index (χ0) is 19.6. The molecule has 0 fully saturated rings. The predicted octanol–water partition coefficient (Wildman–Crippen LogP) is 2.75. The van der Waals surface area contributed by atoms with Crippen molar-refractivity contribution < 1.29 is 23.8 Å². The van der Waals surface area contributed by atoms with Crippen LogP contribution in [-0.2, 0) is 18.3 Å². The van der Waals surface area contributed by atoms with Crippen LogP contribution < -0.4 is 10.1 Å². The number of aromatic nitrogens is 1. The molecule has 140 valence electrons. The number of carbonyl (C=O) groups is 2. The Balaban J connectivity index is 1.83. The van der Waals surface area contributed by atoms with E-state index in [1.165, 1.54) is 24.3 Å². The monoisotopic (exact) mass is 370 g/mol. The molecule has 2 aromatic carbocycles. The summed E-state index contributed by atoms with van der Waals surface area (Å²) in [6, 6.07) is 11.5. The fraction of sp³-hybridized carbons (Fsp3) is 0.200. The summed E-state index contributed by atoms with van der Waals surface area (Å²) in [6.45, 7) is 0. The number of fused-ring (bicyclic) bond motifs is 1. The van der Waals surface area contributed by atoms with Crippen LogP contribution in [0.1, 0.15) is 16.1 Å². The zero-order valence-electron chi connectivity index (χ0n) is 14.9. The van der Waals surface area contributed by atoms with Crippen molar-refractivity contribution in [1.82, 2.24) is 9.88 Å². The summed E-state index contributed by atoms with van der Waals surface area (Å²) in [5.41, 5.74) is 1.78. The van der Waals surface area contributed by atoms with Crippen LogP contribution in [0.5, 0.6) is 5.75 Å². The maximum absolute atomic E-state index is 13.0. The minimum absolute atomic E-state index is 0.0547. The fourth-order valence-electron chi connectivity index (χ4n) is 2.96. The number of rotatable bonds is 6. The minimum Gasteiger partial charge on any atom is -0.497 e. The number of carboxylic acid groups (broad SMARTS) is 1. The van der Waals surface area contributed by atoms with Crippen LogP contribution in [0.3, 0.4) is 0 Å². The number of carbonyl (C=O) groups excluding carboxylic acids is 1. The SMILES string of the molecule is COc1ccc2c(c1)cc(C(=O)N[C@H](Cc1ccc(F)cc1)C(=O)O)n2C. The average molecular weight is 370 g/mol. The molecule has 0 bridgehead atoms. The number of amides is 1. The van der Waals surface area contributed by atoms with Crippen LogP contribution in [0.4, 0.5) is 4.39 Å². The number of ether oxygens (including phenoxy) is 1. The molecule has 2 N–H and O–H groups in total. The van der Waals surface area contributed by atoms with Gasteiger partial charge in [0.25, 0.3) is 5.91 Å². The van der Waals surface area contributed by atoms with Gasteiger partial charge in [-0.15, -0.1) is 0 Å². The molecule has 0 saturated carbocycles. The third-order valence-electron chi connectivity index (χ3n) is 4.44. The Morgan fingerprint density at radius 3 is 2.52 bits per heavy atom. The largest absolute Gasteiger partial charge is 0.497 e. The van der Waals surface area contributed by atoms with Crippen molar-refractivity contribution in [2.45, 2.75) is 12.5 Å². The summed E-state index contributed by atoms with van der Waals surface area (Å²) in [5, 5.41) is 12.8. The molecule has 1 aromatic heterocycles. The topological polar surface area (TPSA) is 80.6 Å². The van der Waals surface area contributed by atoms with Crippen molar-refractivity contribution in [3.63, 3.8) is 0 Å². The van der Waals surface area contributed by atoms with E-state index < -0.39 is 23.7 Å². The van der Waals surface area contributed by atoms with E-state index in [9.17, 15) is 19.1 Å². The highest BCUT2D eigenvalue weighted by molar-refractivity contribution is 6.00. The molecule has 0 aliphatic carbocycles. The van der Waals surface area contributed by atoms with Gasteiger partial charge in [0.15, 0.2) is 0 Å². The summed E-state index contributed by atoms with van der Waals surface area (Å²) in [4.78, 5) is 24.2. The van der Waals surface area contributed by atoms with Crippen molar-refractivity contribution in [2.75, 3.05) is 7.11 Å². The Labute approximate surface area is 155 Å². The second-order valence-electron chi connectivity index (χ2n) is 6.21. The number of methoxy groups -OCH3 is 1. The summed E-state index contributed by atoms with van der Waals surface area (Å²) < 4.78 is 19.9. The summed E-state index contributed by atoms with van der Waals surface area (Å²) in [5.74, 6) is -1.39. The second-order valence-corrected chi connectivity index (χ2v) is 6.21. The normalized spacial score (nSPS) is 12.0. The number of halogens is 1. The van der Waals surface area contributed by atoms with E-state index in [2.05, 4.69) is 5.32 Å². The minimum atomic E-state index is -1.16. The highest BCUT2D eigenvalue weighted by Crippen LogP contribution is 2.24. The molecule has 3 rings (SSSR count). The summed E-state index contributed by atoms with van der Waals surface area (Å²) in [7, 11) is 3.30. The molecule has 1 amide bonds. The second kappa shape index (κ2) is 7.49. The van der Waals surface area contributed by atoms with E-state index in [0.29, 0.717) is 17.0 Å². The zero-order valence-corrected chi connectivity index (χ0v) is 14.9. The van der Waals surface area contributed by atoms with Crippen LogP contribution in [-0.4, -0.2) is 34.7 Å². The van der Waals surface area contributed by atoms with Crippen molar-refractivity contribution in [3.8, 4) is 5.75 Å². The van der Waals surface area contributed by atoms with Crippen LogP contribution in [0.25, 0.3) is 10.9 Å². The van der Waals surface area contributed by atoms with Gasteiger partial charge in [-0.1, -0.05) is 12.1 Å². The Bertz CT molecular complexity index is 995. The Morgan fingerprint density at radius 1 is 1.19 bits per heavy atom. The van der Waals surface area contributed by atoms with Gasteiger partial charge in [0, 0.05) is 24.4 Å². The van der Waals surface area contributed by atoms with E-state index >= 15 is 0 Å². The van der Waals surface area contributed by atoms with E-state index in [0.717, 1.165) is 10.9 Å². The van der Waals surface area contributed by atoms with Crippen LogP contribution in [0.2, 0.25) is 0 Å². The summed E-state index contributed by atoms with van der Waals surface area (Å²) in [6.07, 6.45) is 0.0547. The highest BCUT2D eigenvalue weighted by atomic mass is 19.1. The number of benzene rings is 2. The molecule has 0 spiro atoms. The lowest BCUT2D eigenvalue weighted by molar-refractivity contribution is -0.139. The third-order valence-corrected chi connectivity index (χ3v) is 4.44. The Morgan fingerprint density at radius 2 is 1.89 bits per heavy atom. The molecule has 0 aliphatic heterocycles. The first-order valence-electron chi connectivity index (χ1n) is 8.30. The number of aryl methyl sites for hydroxylation is 1. The Kier molecular flexibility index (Phi) is 5.12. The van der Waals surface area contributed by atoms with Gasteiger partial charge in [0.05, 0.1) is 7.11 Å². The molecular weight excluding hydrogens is 351 g/mol. The molecule has 0 saturated heterocycles. The lowest BCUT2D eigenvalue weighted by Crippen LogP contribution is -2.42. The quantitative estimate of drug-likeness (QED) is 0.699. The van der Waals surface area contributed by atoms with Crippen molar-refractivity contribution >= 4 is 22.8 Å². The number of nitrogens with one attached hydrogen (secondary N) is 1. The number of carboxylic acids is 1. The van der Waals surface area contributed by atoms with Gasteiger partial charge < -0.3 is 19.7 Å². The first-order chi connectivity index (χ1) is 12.9. The van der Waals surface area contributed by atoms with Gasteiger partial charge in [-0.05, 0) is 42.0 Å². The number of nitrogens with zero attached hydrogens (tertiary/aromatic N) is 1. The molecule has 27 heavy (non-hydrogen) atoms. The van der Waals surface area contributed by atoms with Gasteiger partial charge in [-0.3, -0.25) is 4.79 Å². The molecule has 6 nitrogen and oxygen atoms in total. The van der Waals surface area contributed by atoms with E-state index in [1.807, 2.05) is 6.07 Å². The number of aliphatic carboxylic acids is 1. The molecular formula is C20H19FN2O4. The van der Waals surface area contributed by atoms with Gasteiger partial charge >= 0.3 is 5.97 Å². The van der Waals surface area contributed by atoms with E-state index in [4.69, 9.17) is 4.74 Å². The number of hydrogen-bond donors (Lipinski definition) is 2. The average Bonchev–Trinajstić information content (AvgIpc) is 2.98. The van der Waals surface area contributed by atoms with Crippen molar-refractivity contribution in [1.29, 1.82) is 0 Å². The predicted molar refractivity (Wildman–Crippen MR) is 98.5 cm³/mol. The first kappa shape index (κ1) is 18.4. The molecule has 7 heteroatoms. The van der Waals surface area contributed by atoms with Crippen LogP contribution in [0.15, 0.2) is 48.5 Å². The number of hydrogen-bond acceptors (Lipinski definition) is 3. The molecule has 1 heterocycles. The van der Waals surface area contributed by atoms with Gasteiger partial charge in [-0.25, -0.2) is 9.18 Å². The van der Waals surface area contributed by atoms with Crippen molar-refractivity contribution in [2.24, 2.45) is 7.05 Å². The van der Waals surface area contributed by atoms with Gasteiger partial charge in [-0.2, -0.15) is 0 Å². The molecule has 0 aliphatic rings. The van der Waals surface area contributed by atoms with E-state index in [1.54, 1.807) is 36.9 Å². The molecule has 0 radical (unpaired) electrons. The van der Waals surface area contributed by atoms with Gasteiger partial charge in [0.1, 0.15) is 23.3 Å². The van der Waals surface area contributed by atoms with Crippen molar-refractivity contribution in [3.05, 3.63) is 65.6 Å². The van der Waals surface area contributed by atoms with Gasteiger partial charge in [0.2, 0.25) is 0 Å². The lowest BCUT2D eigenvalue weighted by Gasteiger charge is -2.15. The maximum atomic E-state index is 13.0. The van der Waals surface area contributed by atoms with Crippen LogP contribution in [0, 0.1) is 5.82 Å². The Hall–Kier alpha value is -3.35. The smallest absolute Gasteiger partial charge is 0.326 e. The summed E-state index contributed by atoms with van der Waals surface area (Å²) >= 11 is 0. The lowest BCUT2D eigenvalue weighted by atomic mass is 10.1. The molecule has 0 unspecified atom stereocenters. The molecule has 3 aromatic rings.